The number of thiophene rings is 1. The van der Waals surface area contributed by atoms with Crippen LogP contribution in [-0.2, 0) is 7.05 Å². The van der Waals surface area contributed by atoms with Crippen LogP contribution >= 0.6 is 11.3 Å². The summed E-state index contributed by atoms with van der Waals surface area (Å²) in [7, 11) is 1.92. The molecule has 0 saturated carbocycles. The van der Waals surface area contributed by atoms with Crippen LogP contribution in [0.5, 0.6) is 0 Å². The molecule has 0 saturated heterocycles. The zero-order valence-corrected chi connectivity index (χ0v) is 10.8. The number of hydrogen-bond donors (Lipinski definition) is 1. The first kappa shape index (κ1) is 11.1. The number of nitrogens with two attached hydrogens (primary N) is 1. The van der Waals surface area contributed by atoms with Gasteiger partial charge in [-0.15, -0.1) is 11.3 Å². The SMILES string of the molecule is Cc1cc(N)sc1-c1nc(C(C)C)nn1C. The molecule has 2 aromatic rings. The molecule has 0 atom stereocenters. The summed E-state index contributed by atoms with van der Waals surface area (Å²) in [5.41, 5.74) is 6.95. The zero-order valence-electron chi connectivity index (χ0n) is 9.98. The standard InChI is InChI=1S/C11H16N4S/c1-6(2)10-13-11(15(4)14-10)9-7(3)5-8(12)16-9/h5-6H,12H2,1-4H3. The van der Waals surface area contributed by atoms with Crippen molar-refractivity contribution < 1.29 is 0 Å². The van der Waals surface area contributed by atoms with Crippen molar-refractivity contribution in [3.8, 4) is 10.7 Å². The highest BCUT2D eigenvalue weighted by Crippen LogP contribution is 2.32. The van der Waals surface area contributed by atoms with Crippen molar-refractivity contribution in [3.63, 3.8) is 0 Å². The molecule has 2 rings (SSSR count). The van der Waals surface area contributed by atoms with E-state index in [-0.39, 0.29) is 0 Å². The molecule has 0 aliphatic rings. The van der Waals surface area contributed by atoms with E-state index < -0.39 is 0 Å². The lowest BCUT2D eigenvalue weighted by molar-refractivity contribution is 0.712. The van der Waals surface area contributed by atoms with Gasteiger partial charge in [0.2, 0.25) is 0 Å². The highest BCUT2D eigenvalue weighted by Gasteiger charge is 2.15. The Labute approximate surface area is 99.1 Å². The Morgan fingerprint density at radius 2 is 2.12 bits per heavy atom. The molecular weight excluding hydrogens is 220 g/mol. The first-order valence-electron chi connectivity index (χ1n) is 5.26. The molecule has 4 nitrogen and oxygen atoms in total. The average Bonchev–Trinajstić information content (AvgIpc) is 2.69. The number of anilines is 1. The minimum atomic E-state index is 0.345. The maximum atomic E-state index is 5.79. The zero-order chi connectivity index (χ0) is 11.9. The largest absolute Gasteiger partial charge is 0.391 e. The molecule has 0 aliphatic carbocycles. The van der Waals surface area contributed by atoms with Crippen molar-refractivity contribution in [1.82, 2.24) is 14.8 Å². The Morgan fingerprint density at radius 1 is 1.44 bits per heavy atom. The molecule has 0 fully saturated rings. The number of aromatic nitrogens is 3. The van der Waals surface area contributed by atoms with E-state index in [0.29, 0.717) is 5.92 Å². The van der Waals surface area contributed by atoms with Gasteiger partial charge in [0, 0.05) is 13.0 Å². The van der Waals surface area contributed by atoms with E-state index in [0.717, 1.165) is 27.1 Å². The molecule has 2 aromatic heterocycles. The first-order valence-corrected chi connectivity index (χ1v) is 6.08. The van der Waals surface area contributed by atoms with E-state index in [1.165, 1.54) is 0 Å². The summed E-state index contributed by atoms with van der Waals surface area (Å²) in [6.45, 7) is 6.23. The van der Waals surface area contributed by atoms with Gasteiger partial charge in [0.25, 0.3) is 0 Å². The van der Waals surface area contributed by atoms with Crippen LogP contribution in [0.25, 0.3) is 10.7 Å². The molecule has 0 spiro atoms. The van der Waals surface area contributed by atoms with E-state index in [1.54, 1.807) is 11.3 Å². The smallest absolute Gasteiger partial charge is 0.168 e. The summed E-state index contributed by atoms with van der Waals surface area (Å²) in [6.07, 6.45) is 0. The highest BCUT2D eigenvalue weighted by atomic mass is 32.1. The van der Waals surface area contributed by atoms with Crippen molar-refractivity contribution in [2.75, 3.05) is 5.73 Å². The molecular formula is C11H16N4S. The highest BCUT2D eigenvalue weighted by molar-refractivity contribution is 7.19. The molecule has 0 unspecified atom stereocenters. The van der Waals surface area contributed by atoms with Gasteiger partial charge >= 0.3 is 0 Å². The van der Waals surface area contributed by atoms with Crippen molar-refractivity contribution >= 4 is 16.3 Å². The third-order valence-electron chi connectivity index (χ3n) is 2.44. The summed E-state index contributed by atoms with van der Waals surface area (Å²) >= 11 is 1.56. The van der Waals surface area contributed by atoms with Gasteiger partial charge in [0.1, 0.15) is 0 Å². The molecule has 0 amide bonds. The number of hydrogen-bond acceptors (Lipinski definition) is 4. The van der Waals surface area contributed by atoms with Crippen molar-refractivity contribution in [1.29, 1.82) is 0 Å². The Hall–Kier alpha value is -1.36. The molecule has 2 heterocycles. The molecule has 2 N–H and O–H groups in total. The van der Waals surface area contributed by atoms with Crippen LogP contribution in [0.3, 0.4) is 0 Å². The molecule has 5 heteroatoms. The van der Waals surface area contributed by atoms with Gasteiger partial charge in [0.15, 0.2) is 11.6 Å². The molecule has 0 radical (unpaired) electrons. The van der Waals surface area contributed by atoms with E-state index in [4.69, 9.17) is 5.73 Å². The summed E-state index contributed by atoms with van der Waals surface area (Å²) in [6, 6.07) is 1.98. The normalized spacial score (nSPS) is 11.3. The van der Waals surface area contributed by atoms with Crippen molar-refractivity contribution in [3.05, 3.63) is 17.5 Å². The van der Waals surface area contributed by atoms with Gasteiger partial charge in [-0.3, -0.25) is 0 Å². The van der Waals surface area contributed by atoms with Crippen molar-refractivity contribution in [2.24, 2.45) is 7.05 Å². The lowest BCUT2D eigenvalue weighted by Gasteiger charge is -1.96. The molecule has 86 valence electrons. The van der Waals surface area contributed by atoms with Gasteiger partial charge in [0.05, 0.1) is 9.88 Å². The lowest BCUT2D eigenvalue weighted by Crippen LogP contribution is -1.95. The molecule has 0 aromatic carbocycles. The van der Waals surface area contributed by atoms with Crippen LogP contribution in [0.4, 0.5) is 5.00 Å². The lowest BCUT2D eigenvalue weighted by atomic mass is 10.2. The second-order valence-corrected chi connectivity index (χ2v) is 5.32. The monoisotopic (exact) mass is 236 g/mol. The molecule has 16 heavy (non-hydrogen) atoms. The van der Waals surface area contributed by atoms with Crippen molar-refractivity contribution in [2.45, 2.75) is 26.7 Å². The van der Waals surface area contributed by atoms with Crippen LogP contribution in [0.15, 0.2) is 6.07 Å². The summed E-state index contributed by atoms with van der Waals surface area (Å²) in [4.78, 5) is 5.67. The van der Waals surface area contributed by atoms with Crippen LogP contribution in [0, 0.1) is 6.92 Å². The van der Waals surface area contributed by atoms with Crippen LogP contribution < -0.4 is 5.73 Å². The van der Waals surface area contributed by atoms with E-state index in [1.807, 2.05) is 24.7 Å². The van der Waals surface area contributed by atoms with Crippen LogP contribution in [0.1, 0.15) is 31.2 Å². The number of rotatable bonds is 2. The van der Waals surface area contributed by atoms with Gasteiger partial charge in [-0.05, 0) is 18.6 Å². The van der Waals surface area contributed by atoms with E-state index >= 15 is 0 Å². The third-order valence-corrected chi connectivity index (χ3v) is 3.50. The second-order valence-electron chi connectivity index (χ2n) is 4.23. The number of nitrogen functional groups attached to an aromatic ring is 1. The number of aryl methyl sites for hydroxylation is 2. The second kappa shape index (κ2) is 3.90. The van der Waals surface area contributed by atoms with Crippen LogP contribution in [-0.4, -0.2) is 14.8 Å². The minimum absolute atomic E-state index is 0.345. The fourth-order valence-corrected chi connectivity index (χ4v) is 2.54. The predicted molar refractivity (Wildman–Crippen MR) is 67.6 cm³/mol. The summed E-state index contributed by atoms with van der Waals surface area (Å²) in [5.74, 6) is 2.13. The quantitative estimate of drug-likeness (QED) is 0.871. The predicted octanol–water partition coefficient (Wildman–Crippen LogP) is 2.56. The van der Waals surface area contributed by atoms with Gasteiger partial charge in [-0.2, -0.15) is 5.10 Å². The Balaban J connectivity index is 2.52. The average molecular weight is 236 g/mol. The van der Waals surface area contributed by atoms with E-state index in [9.17, 15) is 0 Å². The Morgan fingerprint density at radius 3 is 2.56 bits per heavy atom. The topological polar surface area (TPSA) is 56.7 Å². The fourth-order valence-electron chi connectivity index (χ4n) is 1.58. The van der Waals surface area contributed by atoms with Crippen LogP contribution in [0.2, 0.25) is 0 Å². The minimum Gasteiger partial charge on any atom is -0.391 e. The van der Waals surface area contributed by atoms with Gasteiger partial charge in [-0.1, -0.05) is 13.8 Å². The van der Waals surface area contributed by atoms with E-state index in [2.05, 4.69) is 23.9 Å². The fraction of sp³-hybridized carbons (Fsp3) is 0.455. The van der Waals surface area contributed by atoms with Gasteiger partial charge in [-0.25, -0.2) is 9.67 Å². The third kappa shape index (κ3) is 1.82. The maximum Gasteiger partial charge on any atom is 0.168 e. The first-order chi connectivity index (χ1) is 7.49. The summed E-state index contributed by atoms with van der Waals surface area (Å²) < 4.78 is 1.83. The summed E-state index contributed by atoms with van der Waals surface area (Å²) in [5, 5.41) is 5.23. The maximum absolute atomic E-state index is 5.79. The Bertz CT molecular complexity index is 510. The number of nitrogens with zero attached hydrogens (tertiary/aromatic N) is 3. The molecule has 0 aliphatic heterocycles. The Kier molecular flexibility index (Phi) is 2.71. The molecule has 0 bridgehead atoms. The van der Waals surface area contributed by atoms with Gasteiger partial charge < -0.3 is 5.73 Å².